The normalized spacial score (nSPS) is 11.2. The number of aryl methyl sites for hydroxylation is 3. The number of azo groups is 2. The maximum Gasteiger partial charge on any atom is 0.232 e. The van der Waals surface area contributed by atoms with Gasteiger partial charge in [0.15, 0.2) is 0 Å². The molecule has 0 fully saturated rings. The van der Waals surface area contributed by atoms with Crippen molar-refractivity contribution in [1.82, 2.24) is 15.0 Å². The second kappa shape index (κ2) is 13.3. The van der Waals surface area contributed by atoms with Crippen molar-refractivity contribution in [3.63, 3.8) is 0 Å². The number of nitrogens with one attached hydrogen (secondary N) is 2. The molecule has 0 bridgehead atoms. The third-order valence-corrected chi connectivity index (χ3v) is 6.18. The predicted molar refractivity (Wildman–Crippen MR) is 168 cm³/mol. The van der Waals surface area contributed by atoms with Gasteiger partial charge in [0.25, 0.3) is 0 Å². The monoisotopic (exact) mass is 573 g/mol. The van der Waals surface area contributed by atoms with Gasteiger partial charge < -0.3 is 20.1 Å². The Morgan fingerprint density at radius 1 is 0.512 bits per heavy atom. The molecule has 0 atom stereocenters. The molecular weight excluding hydrogens is 542 g/mol. The molecule has 0 radical (unpaired) electrons. The van der Waals surface area contributed by atoms with Crippen LogP contribution in [0, 0.1) is 20.8 Å². The molecule has 0 aliphatic carbocycles. The average Bonchev–Trinajstić information content (AvgIpc) is 3.00. The van der Waals surface area contributed by atoms with Crippen molar-refractivity contribution in [3.8, 4) is 11.5 Å². The summed E-state index contributed by atoms with van der Waals surface area (Å²) in [6.07, 6.45) is 0. The second-order valence-electron chi connectivity index (χ2n) is 9.63. The molecule has 0 saturated heterocycles. The zero-order valence-electron chi connectivity index (χ0n) is 24.5. The van der Waals surface area contributed by atoms with E-state index in [0.717, 1.165) is 22.5 Å². The van der Waals surface area contributed by atoms with E-state index in [9.17, 15) is 0 Å². The van der Waals surface area contributed by atoms with Crippen LogP contribution < -0.4 is 20.1 Å². The van der Waals surface area contributed by atoms with Gasteiger partial charge in [0, 0.05) is 12.1 Å². The van der Waals surface area contributed by atoms with Gasteiger partial charge in [-0.05, 0) is 80.4 Å². The maximum absolute atomic E-state index is 5.60. The van der Waals surface area contributed by atoms with Gasteiger partial charge >= 0.3 is 0 Å². The van der Waals surface area contributed by atoms with E-state index in [-0.39, 0.29) is 0 Å². The Hall–Kier alpha value is -5.71. The lowest BCUT2D eigenvalue weighted by molar-refractivity contribution is 0.417. The molecular formula is C32H31N9O2. The second-order valence-corrected chi connectivity index (χ2v) is 9.63. The Morgan fingerprint density at radius 3 is 1.33 bits per heavy atom. The van der Waals surface area contributed by atoms with Crippen molar-refractivity contribution in [3.05, 3.63) is 102 Å². The lowest BCUT2D eigenvalue weighted by atomic mass is 10.2. The van der Waals surface area contributed by atoms with Crippen molar-refractivity contribution in [1.29, 1.82) is 0 Å². The Labute approximate surface area is 249 Å². The largest absolute Gasteiger partial charge is 0.494 e. The van der Waals surface area contributed by atoms with Gasteiger partial charge in [0.2, 0.25) is 11.9 Å². The van der Waals surface area contributed by atoms with Crippen molar-refractivity contribution >= 4 is 46.0 Å². The molecule has 43 heavy (non-hydrogen) atoms. The molecule has 0 aliphatic heterocycles. The lowest BCUT2D eigenvalue weighted by Gasteiger charge is -2.13. The first-order valence-electron chi connectivity index (χ1n) is 13.5. The molecule has 5 rings (SSSR count). The smallest absolute Gasteiger partial charge is 0.232 e. The van der Waals surface area contributed by atoms with Gasteiger partial charge in [-0.3, -0.25) is 0 Å². The number of aromatic nitrogens is 3. The molecule has 5 aromatic rings. The van der Waals surface area contributed by atoms with Crippen LogP contribution in [0.5, 0.6) is 11.5 Å². The quantitative estimate of drug-likeness (QED) is 0.159. The first-order chi connectivity index (χ1) is 20.9. The third-order valence-electron chi connectivity index (χ3n) is 6.18. The SMILES string of the molecule is COc1cc(N=Nc2cccc(C)c2)ccc1Nc1nc(C)nc(Nc2ccc(N=Nc3cccc(C)c3)cc2OC)n1. The highest BCUT2D eigenvalue weighted by Gasteiger charge is 2.12. The summed E-state index contributed by atoms with van der Waals surface area (Å²) >= 11 is 0. The number of anilines is 4. The first kappa shape index (κ1) is 28.8. The molecule has 0 spiro atoms. The van der Waals surface area contributed by atoms with Crippen LogP contribution in [-0.4, -0.2) is 29.2 Å². The van der Waals surface area contributed by atoms with Crippen LogP contribution in [0.4, 0.5) is 46.0 Å². The summed E-state index contributed by atoms with van der Waals surface area (Å²) in [6, 6.07) is 26.6. The van der Waals surface area contributed by atoms with E-state index in [1.165, 1.54) is 0 Å². The van der Waals surface area contributed by atoms with Crippen molar-refractivity contribution in [2.24, 2.45) is 20.5 Å². The van der Waals surface area contributed by atoms with Gasteiger partial charge in [-0.15, -0.1) is 0 Å². The molecule has 1 heterocycles. The summed E-state index contributed by atoms with van der Waals surface area (Å²) in [6.45, 7) is 5.82. The maximum atomic E-state index is 5.60. The Kier molecular flexibility index (Phi) is 8.91. The van der Waals surface area contributed by atoms with Gasteiger partial charge in [-0.2, -0.15) is 35.4 Å². The number of rotatable bonds is 10. The summed E-state index contributed by atoms with van der Waals surface area (Å²) in [4.78, 5) is 13.4. The molecule has 11 nitrogen and oxygen atoms in total. The van der Waals surface area contributed by atoms with E-state index in [1.807, 2.05) is 86.6 Å². The van der Waals surface area contributed by atoms with E-state index < -0.39 is 0 Å². The highest BCUT2D eigenvalue weighted by atomic mass is 16.5. The number of benzene rings is 4. The van der Waals surface area contributed by atoms with Gasteiger partial charge in [0.1, 0.15) is 17.3 Å². The molecule has 0 aliphatic rings. The minimum Gasteiger partial charge on any atom is -0.494 e. The van der Waals surface area contributed by atoms with Crippen LogP contribution in [0.25, 0.3) is 0 Å². The summed E-state index contributed by atoms with van der Waals surface area (Å²) in [5, 5.41) is 23.8. The van der Waals surface area contributed by atoms with Crippen LogP contribution in [0.1, 0.15) is 17.0 Å². The molecule has 216 valence electrons. The van der Waals surface area contributed by atoms with Crippen molar-refractivity contribution in [2.75, 3.05) is 24.9 Å². The molecule has 0 saturated carbocycles. The van der Waals surface area contributed by atoms with Crippen LogP contribution >= 0.6 is 0 Å². The van der Waals surface area contributed by atoms with E-state index >= 15 is 0 Å². The summed E-state index contributed by atoms with van der Waals surface area (Å²) in [5.41, 5.74) is 6.40. The van der Waals surface area contributed by atoms with Crippen LogP contribution in [-0.2, 0) is 0 Å². The van der Waals surface area contributed by atoms with Crippen molar-refractivity contribution < 1.29 is 9.47 Å². The topological polar surface area (TPSA) is 131 Å². The first-order valence-corrected chi connectivity index (χ1v) is 13.5. The Balaban J connectivity index is 1.32. The molecule has 4 aromatic carbocycles. The van der Waals surface area contributed by atoms with Crippen LogP contribution in [0.15, 0.2) is 105 Å². The molecule has 11 heteroatoms. The summed E-state index contributed by atoms with van der Waals surface area (Å²) in [7, 11) is 3.17. The number of hydrogen-bond donors (Lipinski definition) is 2. The minimum absolute atomic E-state index is 0.338. The zero-order chi connectivity index (χ0) is 30.2. The predicted octanol–water partition coefficient (Wildman–Crippen LogP) is 9.13. The highest BCUT2D eigenvalue weighted by Crippen LogP contribution is 2.34. The summed E-state index contributed by atoms with van der Waals surface area (Å²) < 4.78 is 11.2. The fourth-order valence-electron chi connectivity index (χ4n) is 4.14. The number of ether oxygens (including phenoxy) is 2. The lowest BCUT2D eigenvalue weighted by Crippen LogP contribution is -2.06. The fourth-order valence-corrected chi connectivity index (χ4v) is 4.14. The van der Waals surface area contributed by atoms with E-state index in [1.54, 1.807) is 33.3 Å². The standard InChI is InChI=1S/C32H31N9O2/c1-20-8-6-10-23(16-20)38-40-25-12-14-27(29(18-25)42-4)35-31-33-22(3)34-32(37-31)36-28-15-13-26(19-30(28)43-5)41-39-24-11-7-9-21(2)17-24/h6-19H,1-5H3,(H2,33,34,35,36,37). The third kappa shape index (κ3) is 7.73. The van der Waals surface area contributed by atoms with Crippen LogP contribution in [0.2, 0.25) is 0 Å². The van der Waals surface area contributed by atoms with Gasteiger partial charge in [-0.25, -0.2) is 0 Å². The van der Waals surface area contributed by atoms with Crippen LogP contribution in [0.3, 0.4) is 0 Å². The Morgan fingerprint density at radius 2 is 0.930 bits per heavy atom. The zero-order valence-corrected chi connectivity index (χ0v) is 24.5. The number of hydrogen-bond acceptors (Lipinski definition) is 11. The molecule has 0 amide bonds. The minimum atomic E-state index is 0.338. The summed E-state index contributed by atoms with van der Waals surface area (Å²) in [5.74, 6) is 2.32. The fraction of sp³-hybridized carbons (Fsp3) is 0.156. The van der Waals surface area contributed by atoms with E-state index in [0.29, 0.717) is 52.0 Å². The van der Waals surface area contributed by atoms with E-state index in [2.05, 4.69) is 46.0 Å². The van der Waals surface area contributed by atoms with Crippen molar-refractivity contribution in [2.45, 2.75) is 20.8 Å². The number of methoxy groups -OCH3 is 2. The molecule has 1 aromatic heterocycles. The Bertz CT molecular complexity index is 1680. The number of nitrogens with zero attached hydrogens (tertiary/aromatic N) is 7. The van der Waals surface area contributed by atoms with Gasteiger partial charge in [0.05, 0.1) is 48.3 Å². The van der Waals surface area contributed by atoms with Gasteiger partial charge in [-0.1, -0.05) is 24.3 Å². The molecule has 2 N–H and O–H groups in total. The average molecular weight is 574 g/mol. The highest BCUT2D eigenvalue weighted by molar-refractivity contribution is 5.69. The van der Waals surface area contributed by atoms with E-state index in [4.69, 9.17) is 9.47 Å². The molecule has 0 unspecified atom stereocenters.